The van der Waals surface area contributed by atoms with Gasteiger partial charge in [-0.05, 0) is 51.8 Å². The van der Waals surface area contributed by atoms with Gasteiger partial charge in [-0.2, -0.15) is 0 Å². The maximum absolute atomic E-state index is 4.46. The van der Waals surface area contributed by atoms with Gasteiger partial charge in [0.15, 0.2) is 5.16 Å². The predicted molar refractivity (Wildman–Crippen MR) is 95.6 cm³/mol. The lowest BCUT2D eigenvalue weighted by molar-refractivity contribution is 0.648. The molecule has 22 heavy (non-hydrogen) atoms. The molecule has 1 unspecified atom stereocenters. The highest BCUT2D eigenvalue weighted by Crippen LogP contribution is 2.17. The molecule has 0 aliphatic rings. The molecule has 2 rings (SSSR count). The Hall–Kier alpha value is -1.55. The van der Waals surface area contributed by atoms with Crippen LogP contribution in [-0.2, 0) is 0 Å². The molecule has 4 heteroatoms. The Kier molecular flexibility index (Phi) is 6.72. The average Bonchev–Trinajstić information content (AvgIpc) is 2.47. The lowest BCUT2D eigenvalue weighted by atomic mass is 10.1. The number of unbranched alkanes of at least 4 members (excludes halogenated alkanes) is 1. The van der Waals surface area contributed by atoms with E-state index in [4.69, 9.17) is 0 Å². The molecule has 0 spiro atoms. The Morgan fingerprint density at radius 1 is 1.05 bits per heavy atom. The van der Waals surface area contributed by atoms with E-state index >= 15 is 0 Å². The summed E-state index contributed by atoms with van der Waals surface area (Å²) in [4.78, 5) is 8.92. The highest BCUT2D eigenvalue weighted by Gasteiger charge is 2.03. The van der Waals surface area contributed by atoms with Crippen LogP contribution in [0.2, 0.25) is 0 Å². The summed E-state index contributed by atoms with van der Waals surface area (Å²) >= 11 is 1.76. The number of thioether (sulfide) groups is 1. The quantitative estimate of drug-likeness (QED) is 0.429. The van der Waals surface area contributed by atoms with E-state index < -0.39 is 0 Å². The maximum Gasteiger partial charge on any atom is 0.187 e. The number of aryl methyl sites for hydroxylation is 2. The van der Waals surface area contributed by atoms with Crippen LogP contribution in [0.25, 0.3) is 0 Å². The van der Waals surface area contributed by atoms with Crippen molar-refractivity contribution in [3.63, 3.8) is 0 Å². The fraction of sp³-hybridized carbons (Fsp3) is 0.444. The molecule has 0 saturated heterocycles. The first kappa shape index (κ1) is 16.8. The van der Waals surface area contributed by atoms with Crippen LogP contribution in [0.1, 0.15) is 37.6 Å². The minimum atomic E-state index is 0.505. The van der Waals surface area contributed by atoms with E-state index in [9.17, 15) is 0 Å². The Balaban J connectivity index is 1.62. The number of para-hydroxylation sites is 1. The van der Waals surface area contributed by atoms with Gasteiger partial charge in [-0.1, -0.05) is 36.4 Å². The van der Waals surface area contributed by atoms with Gasteiger partial charge in [-0.25, -0.2) is 9.97 Å². The molecule has 3 nitrogen and oxygen atoms in total. The molecule has 1 N–H and O–H groups in total. The van der Waals surface area contributed by atoms with Crippen molar-refractivity contribution in [1.82, 2.24) is 9.97 Å². The molecule has 0 amide bonds. The first-order chi connectivity index (χ1) is 10.6. The van der Waals surface area contributed by atoms with Gasteiger partial charge in [0.1, 0.15) is 0 Å². The van der Waals surface area contributed by atoms with E-state index in [2.05, 4.69) is 46.5 Å². The Morgan fingerprint density at radius 3 is 2.41 bits per heavy atom. The fourth-order valence-electron chi connectivity index (χ4n) is 2.37. The van der Waals surface area contributed by atoms with Crippen molar-refractivity contribution < 1.29 is 0 Å². The number of nitrogens with one attached hydrogen (secondary N) is 1. The van der Waals surface area contributed by atoms with Crippen molar-refractivity contribution >= 4 is 17.4 Å². The maximum atomic E-state index is 4.46. The summed E-state index contributed by atoms with van der Waals surface area (Å²) in [5.74, 6) is 1.08. The summed E-state index contributed by atoms with van der Waals surface area (Å²) < 4.78 is 0. The Morgan fingerprint density at radius 2 is 1.73 bits per heavy atom. The van der Waals surface area contributed by atoms with Gasteiger partial charge in [-0.15, -0.1) is 0 Å². The third-order valence-electron chi connectivity index (χ3n) is 3.41. The van der Waals surface area contributed by atoms with E-state index in [1.165, 1.54) is 24.9 Å². The first-order valence-corrected chi connectivity index (χ1v) is 8.89. The summed E-state index contributed by atoms with van der Waals surface area (Å²) in [6.45, 7) is 6.29. The highest BCUT2D eigenvalue weighted by molar-refractivity contribution is 7.99. The molecule has 1 aromatic heterocycles. The monoisotopic (exact) mass is 315 g/mol. The Bertz CT molecular complexity index is 552. The van der Waals surface area contributed by atoms with Crippen LogP contribution in [0.5, 0.6) is 0 Å². The van der Waals surface area contributed by atoms with Crippen LogP contribution in [0.4, 0.5) is 5.69 Å². The second-order valence-electron chi connectivity index (χ2n) is 5.69. The van der Waals surface area contributed by atoms with Crippen molar-refractivity contribution in [3.05, 3.63) is 47.8 Å². The molecule has 2 aromatic rings. The van der Waals surface area contributed by atoms with Gasteiger partial charge in [0.2, 0.25) is 0 Å². The fourth-order valence-corrected chi connectivity index (χ4v) is 3.31. The zero-order valence-electron chi connectivity index (χ0n) is 13.7. The van der Waals surface area contributed by atoms with Crippen LogP contribution in [-0.4, -0.2) is 21.8 Å². The molecule has 0 saturated carbocycles. The Labute approximate surface area is 138 Å². The highest BCUT2D eigenvalue weighted by atomic mass is 32.2. The number of hydrogen-bond acceptors (Lipinski definition) is 4. The molecule has 0 aliphatic heterocycles. The van der Waals surface area contributed by atoms with E-state index in [0.717, 1.165) is 22.3 Å². The molecule has 0 fully saturated rings. The van der Waals surface area contributed by atoms with Crippen molar-refractivity contribution in [2.75, 3.05) is 11.1 Å². The standard InChI is InChI=1S/C18H25N3S/c1-14(19-17-10-5-4-6-11-17)9-7-8-12-22-18-20-15(2)13-16(3)21-18/h4-6,10-11,13-14,19H,7-9,12H2,1-3H3. The molecule has 0 aliphatic carbocycles. The molecule has 118 valence electrons. The van der Waals surface area contributed by atoms with Crippen LogP contribution in [0, 0.1) is 13.8 Å². The van der Waals surface area contributed by atoms with Crippen molar-refractivity contribution in [3.8, 4) is 0 Å². The summed E-state index contributed by atoms with van der Waals surface area (Å²) in [5, 5.41) is 4.44. The number of rotatable bonds is 8. The predicted octanol–water partition coefficient (Wildman–Crippen LogP) is 4.86. The van der Waals surface area contributed by atoms with Crippen LogP contribution < -0.4 is 5.32 Å². The second kappa shape index (κ2) is 8.79. The third-order valence-corrected chi connectivity index (χ3v) is 4.34. The number of anilines is 1. The van der Waals surface area contributed by atoms with Gasteiger partial charge >= 0.3 is 0 Å². The molecule has 1 aromatic carbocycles. The van der Waals surface area contributed by atoms with Crippen LogP contribution >= 0.6 is 11.8 Å². The zero-order chi connectivity index (χ0) is 15.8. The van der Waals surface area contributed by atoms with Crippen molar-refractivity contribution in [2.45, 2.75) is 51.2 Å². The summed E-state index contributed by atoms with van der Waals surface area (Å²) in [6.07, 6.45) is 3.60. The van der Waals surface area contributed by atoms with Crippen LogP contribution in [0.15, 0.2) is 41.6 Å². The molecule has 0 bridgehead atoms. The first-order valence-electron chi connectivity index (χ1n) is 7.90. The molecular weight excluding hydrogens is 290 g/mol. The van der Waals surface area contributed by atoms with Gasteiger partial charge in [0.25, 0.3) is 0 Å². The average molecular weight is 315 g/mol. The number of aromatic nitrogens is 2. The van der Waals surface area contributed by atoms with E-state index in [-0.39, 0.29) is 0 Å². The topological polar surface area (TPSA) is 37.8 Å². The summed E-state index contributed by atoms with van der Waals surface area (Å²) in [7, 11) is 0. The van der Waals surface area contributed by atoms with Crippen molar-refractivity contribution in [2.24, 2.45) is 0 Å². The van der Waals surface area contributed by atoms with Gasteiger partial charge < -0.3 is 5.32 Å². The normalized spacial score (nSPS) is 12.1. The van der Waals surface area contributed by atoms with Gasteiger partial charge in [0, 0.05) is 28.9 Å². The minimum Gasteiger partial charge on any atom is -0.383 e. The molecular formula is C18H25N3S. The number of hydrogen-bond donors (Lipinski definition) is 1. The molecule has 1 atom stereocenters. The zero-order valence-corrected chi connectivity index (χ0v) is 14.5. The van der Waals surface area contributed by atoms with E-state index in [1.807, 2.05) is 26.0 Å². The summed E-state index contributed by atoms with van der Waals surface area (Å²) in [5.41, 5.74) is 3.30. The SMILES string of the molecule is Cc1cc(C)nc(SCCCCC(C)Nc2ccccc2)n1. The number of benzene rings is 1. The van der Waals surface area contributed by atoms with E-state index in [0.29, 0.717) is 6.04 Å². The van der Waals surface area contributed by atoms with Gasteiger partial charge in [0.05, 0.1) is 0 Å². The lowest BCUT2D eigenvalue weighted by Crippen LogP contribution is -2.14. The van der Waals surface area contributed by atoms with Crippen molar-refractivity contribution in [1.29, 1.82) is 0 Å². The number of nitrogens with zero attached hydrogens (tertiary/aromatic N) is 2. The molecule has 0 radical (unpaired) electrons. The lowest BCUT2D eigenvalue weighted by Gasteiger charge is -2.14. The molecule has 1 heterocycles. The van der Waals surface area contributed by atoms with E-state index in [1.54, 1.807) is 11.8 Å². The largest absolute Gasteiger partial charge is 0.383 e. The summed E-state index contributed by atoms with van der Waals surface area (Å²) in [6, 6.07) is 12.9. The minimum absolute atomic E-state index is 0.505. The third kappa shape index (κ3) is 6.06. The van der Waals surface area contributed by atoms with Gasteiger partial charge in [-0.3, -0.25) is 0 Å². The van der Waals surface area contributed by atoms with Crippen LogP contribution in [0.3, 0.4) is 0 Å². The second-order valence-corrected chi connectivity index (χ2v) is 6.75. The smallest absolute Gasteiger partial charge is 0.187 e.